The first-order valence-corrected chi connectivity index (χ1v) is 6.47. The van der Waals surface area contributed by atoms with E-state index in [9.17, 15) is 9.18 Å². The first-order chi connectivity index (χ1) is 9.63. The number of nitrogens with two attached hydrogens (primary N) is 1. The van der Waals surface area contributed by atoms with Gasteiger partial charge in [0.1, 0.15) is 5.82 Å². The zero-order valence-electron chi connectivity index (χ0n) is 10.9. The molecule has 0 bridgehead atoms. The van der Waals surface area contributed by atoms with Crippen molar-refractivity contribution in [3.63, 3.8) is 0 Å². The molecule has 2 aromatic rings. The summed E-state index contributed by atoms with van der Waals surface area (Å²) in [5.41, 5.74) is 7.34. The van der Waals surface area contributed by atoms with Crippen molar-refractivity contribution in [3.05, 3.63) is 57.3 Å². The van der Waals surface area contributed by atoms with E-state index in [1.54, 1.807) is 12.1 Å². The standard InChI is InChI=1S/C14H15FN4O/c15-11-4-2-1-3-9(11)7-19-6-5-12-10(8-19)13(20)18-14(16)17-12/h1-4H,5-8H2,(H3,16,17,18,20). The topological polar surface area (TPSA) is 75.0 Å². The van der Waals surface area contributed by atoms with Crippen molar-refractivity contribution in [1.29, 1.82) is 0 Å². The first-order valence-electron chi connectivity index (χ1n) is 6.47. The maximum atomic E-state index is 13.6. The van der Waals surface area contributed by atoms with Crippen LogP contribution in [0.2, 0.25) is 0 Å². The fourth-order valence-corrected chi connectivity index (χ4v) is 2.50. The minimum Gasteiger partial charge on any atom is -0.369 e. The lowest BCUT2D eigenvalue weighted by Crippen LogP contribution is -2.35. The third kappa shape index (κ3) is 2.42. The second-order valence-corrected chi connectivity index (χ2v) is 4.93. The Bertz CT molecular complexity index is 698. The number of halogens is 1. The molecular formula is C14H15FN4O. The number of aromatic amines is 1. The lowest BCUT2D eigenvalue weighted by Gasteiger charge is -2.27. The van der Waals surface area contributed by atoms with Crippen molar-refractivity contribution < 1.29 is 4.39 Å². The molecule has 1 aliphatic heterocycles. The molecule has 0 aliphatic carbocycles. The third-order valence-electron chi connectivity index (χ3n) is 3.52. The number of rotatable bonds is 2. The van der Waals surface area contributed by atoms with Crippen molar-refractivity contribution >= 4 is 5.95 Å². The smallest absolute Gasteiger partial charge is 0.257 e. The summed E-state index contributed by atoms with van der Waals surface area (Å²) in [6, 6.07) is 6.69. The van der Waals surface area contributed by atoms with E-state index in [0.29, 0.717) is 30.6 Å². The molecule has 0 unspecified atom stereocenters. The van der Waals surface area contributed by atoms with Gasteiger partial charge in [-0.05, 0) is 6.07 Å². The SMILES string of the molecule is Nc1nc2c(c(=O)[nH]1)CN(Cc1ccccc1F)CC2. The Morgan fingerprint density at radius 3 is 3.00 bits per heavy atom. The van der Waals surface area contributed by atoms with Gasteiger partial charge in [0.15, 0.2) is 0 Å². The summed E-state index contributed by atoms with van der Waals surface area (Å²) in [6.07, 6.45) is 0.651. The fraction of sp³-hybridized carbons (Fsp3) is 0.286. The molecular weight excluding hydrogens is 259 g/mol. The van der Waals surface area contributed by atoms with Gasteiger partial charge < -0.3 is 5.73 Å². The molecule has 0 atom stereocenters. The highest BCUT2D eigenvalue weighted by molar-refractivity contribution is 5.27. The summed E-state index contributed by atoms with van der Waals surface area (Å²) in [4.78, 5) is 20.6. The number of nitrogens with zero attached hydrogens (tertiary/aromatic N) is 2. The zero-order valence-corrected chi connectivity index (χ0v) is 10.9. The van der Waals surface area contributed by atoms with E-state index < -0.39 is 0 Å². The van der Waals surface area contributed by atoms with E-state index in [-0.39, 0.29) is 17.3 Å². The largest absolute Gasteiger partial charge is 0.369 e. The highest BCUT2D eigenvalue weighted by Gasteiger charge is 2.21. The normalized spacial score (nSPS) is 15.1. The number of hydrogen-bond acceptors (Lipinski definition) is 4. The minimum absolute atomic E-state index is 0.149. The van der Waals surface area contributed by atoms with Gasteiger partial charge >= 0.3 is 0 Å². The summed E-state index contributed by atoms with van der Waals surface area (Å²) < 4.78 is 13.6. The third-order valence-corrected chi connectivity index (χ3v) is 3.52. The summed E-state index contributed by atoms with van der Waals surface area (Å²) in [5, 5.41) is 0. The molecule has 0 radical (unpaired) electrons. The van der Waals surface area contributed by atoms with E-state index in [4.69, 9.17) is 5.73 Å². The van der Waals surface area contributed by atoms with Crippen LogP contribution in [-0.2, 0) is 19.5 Å². The van der Waals surface area contributed by atoms with Crippen molar-refractivity contribution in [2.75, 3.05) is 12.3 Å². The van der Waals surface area contributed by atoms with Crippen LogP contribution in [0.1, 0.15) is 16.8 Å². The number of benzene rings is 1. The molecule has 1 aromatic carbocycles. The molecule has 20 heavy (non-hydrogen) atoms. The number of H-pyrrole nitrogens is 1. The average Bonchev–Trinajstić information content (AvgIpc) is 2.42. The van der Waals surface area contributed by atoms with Crippen molar-refractivity contribution in [3.8, 4) is 0 Å². The molecule has 0 spiro atoms. The van der Waals surface area contributed by atoms with Gasteiger partial charge in [-0.1, -0.05) is 18.2 Å². The maximum absolute atomic E-state index is 13.6. The van der Waals surface area contributed by atoms with Crippen LogP contribution in [0.25, 0.3) is 0 Å². The molecule has 3 rings (SSSR count). The molecule has 0 saturated carbocycles. The summed E-state index contributed by atoms with van der Waals surface area (Å²) >= 11 is 0. The molecule has 5 nitrogen and oxygen atoms in total. The Morgan fingerprint density at radius 1 is 1.40 bits per heavy atom. The number of fused-ring (bicyclic) bond motifs is 1. The molecule has 0 fully saturated rings. The van der Waals surface area contributed by atoms with Gasteiger partial charge in [-0.25, -0.2) is 9.37 Å². The Morgan fingerprint density at radius 2 is 2.20 bits per heavy atom. The molecule has 1 aliphatic rings. The van der Waals surface area contributed by atoms with Crippen molar-refractivity contribution in [2.45, 2.75) is 19.5 Å². The second-order valence-electron chi connectivity index (χ2n) is 4.93. The van der Waals surface area contributed by atoms with Gasteiger partial charge in [0.25, 0.3) is 5.56 Å². The summed E-state index contributed by atoms with van der Waals surface area (Å²) in [6.45, 7) is 1.68. The highest BCUT2D eigenvalue weighted by Crippen LogP contribution is 2.17. The molecule has 3 N–H and O–H groups in total. The molecule has 6 heteroatoms. The number of aromatic nitrogens is 2. The van der Waals surface area contributed by atoms with Crippen LogP contribution in [0.5, 0.6) is 0 Å². The van der Waals surface area contributed by atoms with E-state index in [2.05, 4.69) is 9.97 Å². The van der Waals surface area contributed by atoms with Crippen LogP contribution in [-0.4, -0.2) is 21.4 Å². The number of nitrogen functional groups attached to an aromatic ring is 1. The number of anilines is 1. The Kier molecular flexibility index (Phi) is 3.23. The van der Waals surface area contributed by atoms with E-state index >= 15 is 0 Å². The quantitative estimate of drug-likeness (QED) is 0.858. The van der Waals surface area contributed by atoms with E-state index in [1.807, 2.05) is 11.0 Å². The Balaban J connectivity index is 1.83. The molecule has 0 amide bonds. The van der Waals surface area contributed by atoms with Crippen LogP contribution < -0.4 is 11.3 Å². The van der Waals surface area contributed by atoms with Crippen LogP contribution in [0.4, 0.5) is 10.3 Å². The second kappa shape index (κ2) is 5.05. The fourth-order valence-electron chi connectivity index (χ4n) is 2.50. The highest BCUT2D eigenvalue weighted by atomic mass is 19.1. The van der Waals surface area contributed by atoms with Gasteiger partial charge in [-0.3, -0.25) is 14.7 Å². The molecule has 2 heterocycles. The van der Waals surface area contributed by atoms with Crippen molar-refractivity contribution in [2.24, 2.45) is 0 Å². The molecule has 104 valence electrons. The zero-order chi connectivity index (χ0) is 14.1. The number of hydrogen-bond donors (Lipinski definition) is 2. The minimum atomic E-state index is -0.220. The van der Waals surface area contributed by atoms with Gasteiger partial charge in [0.05, 0.1) is 11.3 Å². The monoisotopic (exact) mass is 274 g/mol. The van der Waals surface area contributed by atoms with Gasteiger partial charge in [0, 0.05) is 31.6 Å². The summed E-state index contributed by atoms with van der Waals surface area (Å²) in [7, 11) is 0. The summed E-state index contributed by atoms with van der Waals surface area (Å²) in [5.74, 6) is -0.0704. The Hall–Kier alpha value is -2.21. The molecule has 1 aromatic heterocycles. The van der Waals surface area contributed by atoms with Crippen LogP contribution in [0.3, 0.4) is 0 Å². The average molecular weight is 274 g/mol. The van der Waals surface area contributed by atoms with Crippen LogP contribution in [0.15, 0.2) is 29.1 Å². The lowest BCUT2D eigenvalue weighted by molar-refractivity contribution is 0.238. The maximum Gasteiger partial charge on any atom is 0.257 e. The number of nitrogens with one attached hydrogen (secondary N) is 1. The van der Waals surface area contributed by atoms with Crippen molar-refractivity contribution in [1.82, 2.24) is 14.9 Å². The van der Waals surface area contributed by atoms with E-state index in [1.165, 1.54) is 6.07 Å². The van der Waals surface area contributed by atoms with Gasteiger partial charge in [0.2, 0.25) is 5.95 Å². The first kappa shape index (κ1) is 12.8. The van der Waals surface area contributed by atoms with Crippen LogP contribution >= 0.6 is 0 Å². The Labute approximate surface area is 115 Å². The van der Waals surface area contributed by atoms with E-state index in [0.717, 1.165) is 12.2 Å². The van der Waals surface area contributed by atoms with Crippen LogP contribution in [0, 0.1) is 5.82 Å². The molecule has 0 saturated heterocycles. The van der Waals surface area contributed by atoms with Gasteiger partial charge in [-0.2, -0.15) is 0 Å². The predicted octanol–water partition coefficient (Wildman–Crippen LogP) is 1.05. The predicted molar refractivity (Wildman–Crippen MR) is 73.5 cm³/mol. The lowest BCUT2D eigenvalue weighted by atomic mass is 10.1. The van der Waals surface area contributed by atoms with Gasteiger partial charge in [-0.15, -0.1) is 0 Å².